The van der Waals surface area contributed by atoms with E-state index in [0.29, 0.717) is 0 Å². The fourth-order valence-corrected chi connectivity index (χ4v) is 1.78. The molecule has 0 fully saturated rings. The van der Waals surface area contributed by atoms with Crippen LogP contribution in [0.3, 0.4) is 0 Å². The summed E-state index contributed by atoms with van der Waals surface area (Å²) in [7, 11) is 0. The number of rotatable bonds is 0. The Labute approximate surface area is 76.2 Å². The summed E-state index contributed by atoms with van der Waals surface area (Å²) in [5.74, 6) is 0. The summed E-state index contributed by atoms with van der Waals surface area (Å²) < 4.78 is 0. The maximum atomic E-state index is 4.32. The number of hydrogen-bond donors (Lipinski definition) is 2. The van der Waals surface area contributed by atoms with Gasteiger partial charge in [0.05, 0.1) is 11.4 Å². The third-order valence-corrected chi connectivity index (χ3v) is 2.40. The molecule has 0 radical (unpaired) electrons. The van der Waals surface area contributed by atoms with Crippen LogP contribution in [0, 0.1) is 0 Å². The van der Waals surface area contributed by atoms with E-state index in [9.17, 15) is 0 Å². The standard InChI is InChI=1S/C9H10N4/c1-2-12-9-6(1)8-7(5-13-9)10-3-4-11-8/h1-2,5,9-11H,3-4H2. The number of allylic oxidation sites excluding steroid dienone is 2. The molecular weight excluding hydrogens is 164 g/mol. The lowest BCUT2D eigenvalue weighted by atomic mass is 10.1. The third kappa shape index (κ3) is 0.915. The Hall–Kier alpha value is -1.58. The lowest BCUT2D eigenvalue weighted by Gasteiger charge is -2.26. The molecule has 3 aliphatic heterocycles. The third-order valence-electron chi connectivity index (χ3n) is 2.40. The molecule has 66 valence electrons. The quantitative estimate of drug-likeness (QED) is 0.535. The number of fused-ring (bicyclic) bond motifs is 2. The molecule has 3 aliphatic rings. The van der Waals surface area contributed by atoms with E-state index in [1.54, 1.807) is 0 Å². The van der Waals surface area contributed by atoms with Gasteiger partial charge in [0.1, 0.15) is 0 Å². The van der Waals surface area contributed by atoms with Gasteiger partial charge in [-0.25, -0.2) is 0 Å². The fourth-order valence-electron chi connectivity index (χ4n) is 1.78. The zero-order valence-electron chi connectivity index (χ0n) is 7.12. The Bertz CT molecular complexity index is 362. The van der Waals surface area contributed by atoms with Gasteiger partial charge in [0, 0.05) is 31.1 Å². The topological polar surface area (TPSA) is 48.8 Å². The first-order valence-corrected chi connectivity index (χ1v) is 4.44. The zero-order chi connectivity index (χ0) is 8.67. The smallest absolute Gasteiger partial charge is 0.167 e. The summed E-state index contributed by atoms with van der Waals surface area (Å²) in [5, 5.41) is 6.68. The molecule has 0 saturated carbocycles. The Kier molecular flexibility index (Phi) is 1.30. The first-order valence-electron chi connectivity index (χ1n) is 4.44. The van der Waals surface area contributed by atoms with E-state index in [1.165, 1.54) is 11.3 Å². The molecular formula is C9H10N4. The van der Waals surface area contributed by atoms with Crippen molar-refractivity contribution >= 4 is 12.4 Å². The van der Waals surface area contributed by atoms with Crippen molar-refractivity contribution in [1.29, 1.82) is 0 Å². The van der Waals surface area contributed by atoms with E-state index in [-0.39, 0.29) is 6.17 Å². The van der Waals surface area contributed by atoms with Crippen molar-refractivity contribution in [2.75, 3.05) is 13.1 Å². The Morgan fingerprint density at radius 2 is 2.15 bits per heavy atom. The van der Waals surface area contributed by atoms with Crippen molar-refractivity contribution in [2.24, 2.45) is 9.98 Å². The van der Waals surface area contributed by atoms with Gasteiger partial charge in [-0.15, -0.1) is 0 Å². The highest BCUT2D eigenvalue weighted by Crippen LogP contribution is 2.25. The van der Waals surface area contributed by atoms with Crippen molar-refractivity contribution in [3.05, 3.63) is 23.0 Å². The highest BCUT2D eigenvalue weighted by molar-refractivity contribution is 5.87. The minimum absolute atomic E-state index is 0.00569. The molecule has 1 unspecified atom stereocenters. The van der Waals surface area contributed by atoms with Crippen LogP contribution in [0.4, 0.5) is 0 Å². The average Bonchev–Trinajstić information content (AvgIpc) is 2.65. The lowest BCUT2D eigenvalue weighted by molar-refractivity contribution is 0.652. The Morgan fingerprint density at radius 3 is 3.15 bits per heavy atom. The van der Waals surface area contributed by atoms with Gasteiger partial charge in [-0.1, -0.05) is 0 Å². The minimum atomic E-state index is 0.00569. The molecule has 0 aliphatic carbocycles. The van der Waals surface area contributed by atoms with Crippen LogP contribution >= 0.6 is 0 Å². The van der Waals surface area contributed by atoms with Gasteiger partial charge in [0.15, 0.2) is 6.17 Å². The van der Waals surface area contributed by atoms with Crippen LogP contribution in [0.25, 0.3) is 0 Å². The molecule has 0 aromatic rings. The predicted molar refractivity (Wildman–Crippen MR) is 51.9 cm³/mol. The molecule has 3 rings (SSSR count). The largest absolute Gasteiger partial charge is 0.381 e. The number of dihydropyridines is 1. The first-order chi connectivity index (χ1) is 6.45. The van der Waals surface area contributed by atoms with Crippen LogP contribution in [0.5, 0.6) is 0 Å². The molecule has 4 heteroatoms. The molecule has 2 N–H and O–H groups in total. The van der Waals surface area contributed by atoms with Gasteiger partial charge in [-0.3, -0.25) is 9.98 Å². The lowest BCUT2D eigenvalue weighted by Crippen LogP contribution is -2.39. The molecule has 0 saturated heterocycles. The maximum Gasteiger partial charge on any atom is 0.167 e. The monoisotopic (exact) mass is 174 g/mol. The summed E-state index contributed by atoms with van der Waals surface area (Å²) in [6.07, 6.45) is 5.72. The fraction of sp³-hybridized carbons (Fsp3) is 0.333. The molecule has 4 nitrogen and oxygen atoms in total. The summed E-state index contributed by atoms with van der Waals surface area (Å²) in [6.45, 7) is 1.93. The van der Waals surface area contributed by atoms with Crippen LogP contribution in [-0.2, 0) is 0 Å². The van der Waals surface area contributed by atoms with E-state index >= 15 is 0 Å². The summed E-state index contributed by atoms with van der Waals surface area (Å²) in [4.78, 5) is 8.56. The predicted octanol–water partition coefficient (Wildman–Crippen LogP) is -0.188. The van der Waals surface area contributed by atoms with Gasteiger partial charge in [-0.2, -0.15) is 0 Å². The van der Waals surface area contributed by atoms with Gasteiger partial charge in [0.2, 0.25) is 0 Å². The van der Waals surface area contributed by atoms with E-state index < -0.39 is 0 Å². The number of nitrogens with zero attached hydrogens (tertiary/aromatic N) is 2. The van der Waals surface area contributed by atoms with Crippen LogP contribution in [0.1, 0.15) is 0 Å². The maximum absolute atomic E-state index is 4.32. The van der Waals surface area contributed by atoms with E-state index in [4.69, 9.17) is 0 Å². The highest BCUT2D eigenvalue weighted by atomic mass is 15.1. The van der Waals surface area contributed by atoms with Crippen molar-refractivity contribution in [2.45, 2.75) is 6.17 Å². The van der Waals surface area contributed by atoms with Crippen LogP contribution in [0.15, 0.2) is 33.0 Å². The normalized spacial score (nSPS) is 28.9. The van der Waals surface area contributed by atoms with Gasteiger partial charge in [0.25, 0.3) is 0 Å². The Balaban J connectivity index is 2.07. The molecule has 0 aromatic carbocycles. The van der Waals surface area contributed by atoms with E-state index in [0.717, 1.165) is 18.8 Å². The molecule has 0 spiro atoms. The van der Waals surface area contributed by atoms with Crippen molar-refractivity contribution in [1.82, 2.24) is 10.6 Å². The molecule has 0 aromatic heterocycles. The highest BCUT2D eigenvalue weighted by Gasteiger charge is 2.25. The van der Waals surface area contributed by atoms with Crippen LogP contribution < -0.4 is 10.6 Å². The molecule has 1 atom stereocenters. The number of hydrogen-bond acceptors (Lipinski definition) is 4. The van der Waals surface area contributed by atoms with E-state index in [2.05, 4.69) is 20.6 Å². The SMILES string of the molecule is C1=NC2N=CC3=C(NCCN3)C2=C1. The minimum Gasteiger partial charge on any atom is -0.381 e. The Morgan fingerprint density at radius 1 is 1.23 bits per heavy atom. The summed E-state index contributed by atoms with van der Waals surface area (Å²) in [5.41, 5.74) is 3.45. The van der Waals surface area contributed by atoms with Crippen molar-refractivity contribution < 1.29 is 0 Å². The first kappa shape index (κ1) is 6.88. The zero-order valence-corrected chi connectivity index (χ0v) is 7.12. The average molecular weight is 174 g/mol. The van der Waals surface area contributed by atoms with Crippen molar-refractivity contribution in [3.8, 4) is 0 Å². The molecule has 3 heterocycles. The molecule has 0 amide bonds. The van der Waals surface area contributed by atoms with E-state index in [1.807, 2.05) is 18.5 Å². The van der Waals surface area contributed by atoms with Gasteiger partial charge in [-0.05, 0) is 6.08 Å². The molecule has 0 bridgehead atoms. The van der Waals surface area contributed by atoms with Gasteiger partial charge >= 0.3 is 0 Å². The summed E-state index contributed by atoms with van der Waals surface area (Å²) >= 11 is 0. The molecule has 13 heavy (non-hydrogen) atoms. The second kappa shape index (κ2) is 2.45. The van der Waals surface area contributed by atoms with Gasteiger partial charge < -0.3 is 10.6 Å². The van der Waals surface area contributed by atoms with Crippen LogP contribution in [-0.4, -0.2) is 31.7 Å². The second-order valence-electron chi connectivity index (χ2n) is 3.21. The number of nitrogens with one attached hydrogen (secondary N) is 2. The van der Waals surface area contributed by atoms with Crippen molar-refractivity contribution in [3.63, 3.8) is 0 Å². The summed E-state index contributed by atoms with van der Waals surface area (Å²) in [6, 6.07) is 0. The number of aliphatic imine (C=N–C) groups is 2. The van der Waals surface area contributed by atoms with Crippen LogP contribution in [0.2, 0.25) is 0 Å². The second-order valence-corrected chi connectivity index (χ2v) is 3.21.